The van der Waals surface area contributed by atoms with Crippen LogP contribution in [0.25, 0.3) is 0 Å². The lowest BCUT2D eigenvalue weighted by molar-refractivity contribution is 0.589. The summed E-state index contributed by atoms with van der Waals surface area (Å²) in [6.45, 7) is 0. The molecule has 1 N–H and O–H groups in total. The molecule has 0 bridgehead atoms. The van der Waals surface area contributed by atoms with E-state index in [-0.39, 0.29) is 6.04 Å². The van der Waals surface area contributed by atoms with Crippen LogP contribution >= 0.6 is 43.5 Å². The van der Waals surface area contributed by atoms with Gasteiger partial charge in [0.05, 0.1) is 0 Å². The second kappa shape index (κ2) is 6.89. The molecule has 0 heterocycles. The fourth-order valence-corrected chi connectivity index (χ4v) is 3.20. The standard InChI is InChI=1S/C15H14Br2ClN/c1-19-15(8-10-3-2-4-11(16)7-10)13-9-12(18)5-6-14(13)17/h2-7,9,15,19H,8H2,1H3. The molecule has 0 aromatic heterocycles. The van der Waals surface area contributed by atoms with Gasteiger partial charge in [-0.25, -0.2) is 0 Å². The van der Waals surface area contributed by atoms with E-state index in [4.69, 9.17) is 11.6 Å². The van der Waals surface area contributed by atoms with Crippen LogP contribution in [0.3, 0.4) is 0 Å². The fourth-order valence-electron chi connectivity index (χ4n) is 2.05. The molecule has 2 aromatic rings. The van der Waals surface area contributed by atoms with Crippen molar-refractivity contribution in [2.45, 2.75) is 12.5 Å². The van der Waals surface area contributed by atoms with Gasteiger partial charge in [-0.15, -0.1) is 0 Å². The zero-order valence-corrected chi connectivity index (χ0v) is 14.4. The quantitative estimate of drug-likeness (QED) is 0.724. The Morgan fingerprint density at radius 2 is 1.95 bits per heavy atom. The molecule has 100 valence electrons. The Bertz CT molecular complexity index is 572. The minimum absolute atomic E-state index is 0.224. The van der Waals surface area contributed by atoms with E-state index in [0.29, 0.717) is 0 Å². The molecular weight excluding hydrogens is 389 g/mol. The van der Waals surface area contributed by atoms with Crippen LogP contribution in [0.1, 0.15) is 17.2 Å². The summed E-state index contributed by atoms with van der Waals surface area (Å²) in [6, 6.07) is 14.5. The minimum Gasteiger partial charge on any atom is -0.313 e. The van der Waals surface area contributed by atoms with Gasteiger partial charge in [0.15, 0.2) is 0 Å². The number of rotatable bonds is 4. The van der Waals surface area contributed by atoms with Gasteiger partial charge in [-0.05, 0) is 54.9 Å². The molecule has 0 saturated carbocycles. The van der Waals surface area contributed by atoms with Crippen molar-refractivity contribution in [3.63, 3.8) is 0 Å². The Morgan fingerprint density at radius 1 is 1.16 bits per heavy atom. The monoisotopic (exact) mass is 401 g/mol. The predicted octanol–water partition coefficient (Wildman–Crippen LogP) is 5.37. The van der Waals surface area contributed by atoms with Crippen LogP contribution in [0.4, 0.5) is 0 Å². The third kappa shape index (κ3) is 4.06. The lowest BCUT2D eigenvalue weighted by Gasteiger charge is -2.19. The Balaban J connectivity index is 2.27. The number of nitrogens with one attached hydrogen (secondary N) is 1. The summed E-state index contributed by atoms with van der Waals surface area (Å²) in [4.78, 5) is 0. The topological polar surface area (TPSA) is 12.0 Å². The number of halogens is 3. The van der Waals surface area contributed by atoms with E-state index in [1.54, 1.807) is 0 Å². The highest BCUT2D eigenvalue weighted by atomic mass is 79.9. The van der Waals surface area contributed by atoms with Crippen molar-refractivity contribution < 1.29 is 0 Å². The second-order valence-electron chi connectivity index (χ2n) is 4.34. The zero-order chi connectivity index (χ0) is 13.8. The first-order valence-electron chi connectivity index (χ1n) is 5.97. The highest BCUT2D eigenvalue weighted by molar-refractivity contribution is 9.10. The number of likely N-dealkylation sites (N-methyl/N-ethyl adjacent to an activating group) is 1. The van der Waals surface area contributed by atoms with Crippen LogP contribution < -0.4 is 5.32 Å². The van der Waals surface area contributed by atoms with Gasteiger partial charge in [0.1, 0.15) is 0 Å². The van der Waals surface area contributed by atoms with Crippen molar-refractivity contribution >= 4 is 43.5 Å². The summed E-state index contributed by atoms with van der Waals surface area (Å²) in [5.41, 5.74) is 2.45. The molecule has 0 aliphatic carbocycles. The molecule has 0 saturated heterocycles. The molecule has 0 radical (unpaired) electrons. The Labute approximate surface area is 135 Å². The highest BCUT2D eigenvalue weighted by Gasteiger charge is 2.14. The third-order valence-electron chi connectivity index (χ3n) is 3.01. The van der Waals surface area contributed by atoms with E-state index in [2.05, 4.69) is 55.4 Å². The molecule has 0 fully saturated rings. The van der Waals surface area contributed by atoms with Crippen molar-refractivity contribution in [1.29, 1.82) is 0 Å². The van der Waals surface area contributed by atoms with Crippen LogP contribution in [0.15, 0.2) is 51.4 Å². The van der Waals surface area contributed by atoms with Gasteiger partial charge >= 0.3 is 0 Å². The molecular formula is C15H14Br2ClN. The number of hydrogen-bond donors (Lipinski definition) is 1. The summed E-state index contributed by atoms with van der Waals surface area (Å²) in [5, 5.41) is 4.11. The van der Waals surface area contributed by atoms with Crippen LogP contribution in [-0.4, -0.2) is 7.05 Å². The largest absolute Gasteiger partial charge is 0.313 e. The van der Waals surface area contributed by atoms with Crippen molar-refractivity contribution in [2.75, 3.05) is 7.05 Å². The van der Waals surface area contributed by atoms with Gasteiger partial charge in [-0.1, -0.05) is 55.6 Å². The zero-order valence-electron chi connectivity index (χ0n) is 10.5. The molecule has 0 aliphatic heterocycles. The average Bonchev–Trinajstić information content (AvgIpc) is 2.39. The number of benzene rings is 2. The molecule has 0 spiro atoms. The van der Waals surface area contributed by atoms with Gasteiger partial charge in [0.25, 0.3) is 0 Å². The van der Waals surface area contributed by atoms with Gasteiger partial charge in [-0.2, -0.15) is 0 Å². The molecule has 19 heavy (non-hydrogen) atoms. The van der Waals surface area contributed by atoms with Gasteiger partial charge < -0.3 is 5.32 Å². The minimum atomic E-state index is 0.224. The van der Waals surface area contributed by atoms with Crippen LogP contribution in [-0.2, 0) is 6.42 Å². The van der Waals surface area contributed by atoms with E-state index in [0.717, 1.165) is 20.4 Å². The Hall–Kier alpha value is -0.350. The van der Waals surface area contributed by atoms with Crippen molar-refractivity contribution in [1.82, 2.24) is 5.32 Å². The predicted molar refractivity (Wildman–Crippen MR) is 88.8 cm³/mol. The van der Waals surface area contributed by atoms with Gasteiger partial charge in [0, 0.05) is 20.0 Å². The summed E-state index contributed by atoms with van der Waals surface area (Å²) >= 11 is 13.2. The van der Waals surface area contributed by atoms with Crippen LogP contribution in [0.5, 0.6) is 0 Å². The first-order valence-corrected chi connectivity index (χ1v) is 7.93. The SMILES string of the molecule is CNC(Cc1cccc(Br)c1)c1cc(Cl)ccc1Br. The van der Waals surface area contributed by atoms with E-state index in [1.807, 2.05) is 31.3 Å². The Morgan fingerprint density at radius 3 is 2.63 bits per heavy atom. The van der Waals surface area contributed by atoms with Crippen molar-refractivity contribution in [3.8, 4) is 0 Å². The van der Waals surface area contributed by atoms with E-state index < -0.39 is 0 Å². The second-order valence-corrected chi connectivity index (χ2v) is 6.55. The molecule has 4 heteroatoms. The summed E-state index contributed by atoms with van der Waals surface area (Å²) < 4.78 is 2.18. The molecule has 1 atom stereocenters. The summed E-state index contributed by atoms with van der Waals surface area (Å²) in [7, 11) is 1.97. The highest BCUT2D eigenvalue weighted by Crippen LogP contribution is 2.29. The van der Waals surface area contributed by atoms with E-state index >= 15 is 0 Å². The maximum atomic E-state index is 6.09. The fraction of sp³-hybridized carbons (Fsp3) is 0.200. The maximum Gasteiger partial charge on any atom is 0.0410 e. The Kier molecular flexibility index (Phi) is 5.46. The lowest BCUT2D eigenvalue weighted by Crippen LogP contribution is -2.19. The van der Waals surface area contributed by atoms with E-state index in [9.17, 15) is 0 Å². The summed E-state index contributed by atoms with van der Waals surface area (Å²) in [5.74, 6) is 0. The normalized spacial score (nSPS) is 12.4. The van der Waals surface area contributed by atoms with Gasteiger partial charge in [-0.3, -0.25) is 0 Å². The first-order chi connectivity index (χ1) is 9.10. The molecule has 0 amide bonds. The smallest absolute Gasteiger partial charge is 0.0410 e. The van der Waals surface area contributed by atoms with E-state index in [1.165, 1.54) is 11.1 Å². The summed E-state index contributed by atoms with van der Waals surface area (Å²) in [6.07, 6.45) is 0.912. The molecule has 0 aliphatic rings. The van der Waals surface area contributed by atoms with Crippen LogP contribution in [0.2, 0.25) is 5.02 Å². The average molecular weight is 404 g/mol. The maximum absolute atomic E-state index is 6.09. The van der Waals surface area contributed by atoms with Crippen LogP contribution in [0, 0.1) is 0 Å². The molecule has 1 unspecified atom stereocenters. The molecule has 1 nitrogen and oxygen atoms in total. The third-order valence-corrected chi connectivity index (χ3v) is 4.46. The first kappa shape index (κ1) is 15.0. The molecule has 2 rings (SSSR count). The van der Waals surface area contributed by atoms with Crippen molar-refractivity contribution in [2.24, 2.45) is 0 Å². The van der Waals surface area contributed by atoms with Crippen molar-refractivity contribution in [3.05, 3.63) is 67.6 Å². The van der Waals surface area contributed by atoms with Gasteiger partial charge in [0.2, 0.25) is 0 Å². The lowest BCUT2D eigenvalue weighted by atomic mass is 9.99. The molecule has 2 aromatic carbocycles. The number of hydrogen-bond acceptors (Lipinski definition) is 1.